The molecule has 0 bridgehead atoms. The fourth-order valence-electron chi connectivity index (χ4n) is 8.46. The van der Waals surface area contributed by atoms with Gasteiger partial charge in [-0.2, -0.15) is 0 Å². The molecule has 57 heavy (non-hydrogen) atoms. The van der Waals surface area contributed by atoms with E-state index in [1.807, 2.05) is 72.8 Å². The van der Waals surface area contributed by atoms with Crippen molar-refractivity contribution >= 4 is 65.7 Å². The molecular formula is C51H30N4O2. The number of hydrogen-bond acceptors (Lipinski definition) is 5. The zero-order chi connectivity index (χ0) is 37.5. The van der Waals surface area contributed by atoms with Crippen LogP contribution in [0.5, 0.6) is 0 Å². The number of hydrogen-bond donors (Lipinski definition) is 0. The maximum atomic E-state index is 6.77. The molecule has 0 saturated heterocycles. The first kappa shape index (κ1) is 31.5. The van der Waals surface area contributed by atoms with Gasteiger partial charge in [-0.05, 0) is 72.3 Å². The summed E-state index contributed by atoms with van der Waals surface area (Å²) >= 11 is 0. The second-order valence-electron chi connectivity index (χ2n) is 14.4. The SMILES string of the molecule is c1ccc(-c2nc(-c3ccc4oc5ccccc5c4c3)nc(-c3ccc4oc5c(-c6cccc7c6c6ccccc6n7-c6ccccc6)cccc5c4c3)n2)cc1. The number of fused-ring (bicyclic) bond motifs is 9. The van der Waals surface area contributed by atoms with E-state index in [9.17, 15) is 0 Å². The maximum absolute atomic E-state index is 6.77. The number of para-hydroxylation sites is 4. The fourth-order valence-corrected chi connectivity index (χ4v) is 8.46. The molecule has 0 spiro atoms. The van der Waals surface area contributed by atoms with E-state index in [0.29, 0.717) is 17.5 Å². The van der Waals surface area contributed by atoms with Gasteiger partial charge in [0, 0.05) is 60.3 Å². The van der Waals surface area contributed by atoms with E-state index >= 15 is 0 Å². The Morgan fingerprint density at radius 3 is 1.67 bits per heavy atom. The Morgan fingerprint density at radius 1 is 0.351 bits per heavy atom. The molecule has 0 radical (unpaired) electrons. The largest absolute Gasteiger partial charge is 0.456 e. The Bertz CT molecular complexity index is 3530. The molecule has 8 aromatic carbocycles. The first-order valence-corrected chi connectivity index (χ1v) is 19.0. The highest BCUT2D eigenvalue weighted by molar-refractivity contribution is 6.19. The van der Waals surface area contributed by atoms with Gasteiger partial charge in [0.05, 0.1) is 11.0 Å². The lowest BCUT2D eigenvalue weighted by Gasteiger charge is -2.09. The van der Waals surface area contributed by atoms with Crippen LogP contribution in [0.25, 0.3) is 117 Å². The molecule has 0 fully saturated rings. The van der Waals surface area contributed by atoms with Crippen molar-refractivity contribution in [3.8, 4) is 51.0 Å². The molecule has 0 N–H and O–H groups in total. The van der Waals surface area contributed by atoms with Crippen LogP contribution >= 0.6 is 0 Å². The Kier molecular flexibility index (Phi) is 6.83. The van der Waals surface area contributed by atoms with Crippen molar-refractivity contribution in [3.05, 3.63) is 182 Å². The van der Waals surface area contributed by atoms with Gasteiger partial charge in [-0.25, -0.2) is 15.0 Å². The molecule has 12 rings (SSSR count). The summed E-state index contributed by atoms with van der Waals surface area (Å²) in [6, 6.07) is 62.7. The van der Waals surface area contributed by atoms with Gasteiger partial charge in [-0.1, -0.05) is 115 Å². The van der Waals surface area contributed by atoms with Gasteiger partial charge in [0.1, 0.15) is 22.3 Å². The van der Waals surface area contributed by atoms with Crippen molar-refractivity contribution in [2.45, 2.75) is 0 Å². The van der Waals surface area contributed by atoms with Crippen LogP contribution in [0.3, 0.4) is 0 Å². The number of nitrogens with zero attached hydrogens (tertiary/aromatic N) is 4. The lowest BCUT2D eigenvalue weighted by molar-refractivity contribution is 0.669. The Labute approximate surface area is 325 Å². The molecule has 6 heteroatoms. The lowest BCUT2D eigenvalue weighted by Crippen LogP contribution is -2.00. The molecule has 4 heterocycles. The quantitative estimate of drug-likeness (QED) is 0.176. The van der Waals surface area contributed by atoms with Gasteiger partial charge >= 0.3 is 0 Å². The lowest BCUT2D eigenvalue weighted by atomic mass is 9.97. The molecule has 4 aromatic heterocycles. The van der Waals surface area contributed by atoms with Crippen LogP contribution in [0.1, 0.15) is 0 Å². The number of aromatic nitrogens is 4. The third kappa shape index (κ3) is 4.94. The van der Waals surface area contributed by atoms with E-state index in [1.54, 1.807) is 0 Å². The van der Waals surface area contributed by atoms with Crippen LogP contribution in [0, 0.1) is 0 Å². The van der Waals surface area contributed by atoms with Crippen molar-refractivity contribution in [1.29, 1.82) is 0 Å². The third-order valence-corrected chi connectivity index (χ3v) is 11.1. The van der Waals surface area contributed by atoms with Crippen LogP contribution in [0.15, 0.2) is 191 Å². The van der Waals surface area contributed by atoms with Crippen molar-refractivity contribution in [2.24, 2.45) is 0 Å². The predicted octanol–water partition coefficient (Wildman–Crippen LogP) is 13.4. The minimum atomic E-state index is 0.585. The number of furan rings is 2. The molecule has 0 amide bonds. The maximum Gasteiger partial charge on any atom is 0.164 e. The summed E-state index contributed by atoms with van der Waals surface area (Å²) < 4.78 is 15.2. The van der Waals surface area contributed by atoms with Crippen LogP contribution in [-0.2, 0) is 0 Å². The topological polar surface area (TPSA) is 69.9 Å². The summed E-state index contributed by atoms with van der Waals surface area (Å²) in [5.41, 5.74) is 11.6. The summed E-state index contributed by atoms with van der Waals surface area (Å²) in [5, 5.41) is 6.50. The molecule has 0 atom stereocenters. The number of rotatable bonds is 5. The van der Waals surface area contributed by atoms with Crippen LogP contribution in [-0.4, -0.2) is 19.5 Å². The number of benzene rings is 8. The molecule has 0 unspecified atom stereocenters. The van der Waals surface area contributed by atoms with Crippen molar-refractivity contribution in [2.75, 3.05) is 0 Å². The zero-order valence-electron chi connectivity index (χ0n) is 30.4. The Hall–Kier alpha value is -7.83. The Morgan fingerprint density at radius 2 is 0.895 bits per heavy atom. The van der Waals surface area contributed by atoms with Gasteiger partial charge in [0.15, 0.2) is 17.5 Å². The zero-order valence-corrected chi connectivity index (χ0v) is 30.4. The van der Waals surface area contributed by atoms with Gasteiger partial charge < -0.3 is 13.4 Å². The summed E-state index contributed by atoms with van der Waals surface area (Å²) in [7, 11) is 0. The van der Waals surface area contributed by atoms with Gasteiger partial charge in [-0.15, -0.1) is 0 Å². The highest BCUT2D eigenvalue weighted by atomic mass is 16.3. The third-order valence-electron chi connectivity index (χ3n) is 11.1. The predicted molar refractivity (Wildman–Crippen MR) is 230 cm³/mol. The molecule has 6 nitrogen and oxygen atoms in total. The first-order chi connectivity index (χ1) is 28.2. The molecule has 0 aliphatic rings. The average molecular weight is 731 g/mol. The summed E-state index contributed by atoms with van der Waals surface area (Å²) in [4.78, 5) is 15.2. The molecular weight excluding hydrogens is 701 g/mol. The highest BCUT2D eigenvalue weighted by Crippen LogP contribution is 2.43. The van der Waals surface area contributed by atoms with Crippen LogP contribution in [0.4, 0.5) is 0 Å². The second kappa shape index (κ2) is 12.3. The summed E-state index contributed by atoms with van der Waals surface area (Å²) in [6.45, 7) is 0. The first-order valence-electron chi connectivity index (χ1n) is 19.0. The van der Waals surface area contributed by atoms with Crippen molar-refractivity contribution in [1.82, 2.24) is 19.5 Å². The minimum Gasteiger partial charge on any atom is -0.456 e. The molecule has 12 aromatic rings. The standard InChI is InChI=1S/C51H30N4O2/c1-3-13-31(14-4-1)49-52-50(32-25-27-45-40(29-32)35-17-8-10-24-44(35)56-45)54-51(53-49)33-26-28-46-41(30-33)38-21-11-20-37(48(38)57-46)36-19-12-23-43-47(36)39-18-7-9-22-42(39)55(43)34-15-5-2-6-16-34/h1-30H. The van der Waals surface area contributed by atoms with Crippen molar-refractivity contribution < 1.29 is 8.83 Å². The van der Waals surface area contributed by atoms with E-state index in [-0.39, 0.29) is 0 Å². The highest BCUT2D eigenvalue weighted by Gasteiger charge is 2.21. The second-order valence-corrected chi connectivity index (χ2v) is 14.4. The smallest absolute Gasteiger partial charge is 0.164 e. The average Bonchev–Trinajstić information content (AvgIpc) is 3.96. The molecule has 0 aliphatic carbocycles. The van der Waals surface area contributed by atoms with Gasteiger partial charge in [0.25, 0.3) is 0 Å². The molecule has 0 aliphatic heterocycles. The van der Waals surface area contributed by atoms with Crippen LogP contribution < -0.4 is 0 Å². The fraction of sp³-hybridized carbons (Fsp3) is 0. The van der Waals surface area contributed by atoms with E-state index in [2.05, 4.69) is 114 Å². The Balaban J connectivity index is 1.03. The van der Waals surface area contributed by atoms with Crippen molar-refractivity contribution in [3.63, 3.8) is 0 Å². The molecule has 0 saturated carbocycles. The molecule has 266 valence electrons. The van der Waals surface area contributed by atoms with E-state index in [1.165, 1.54) is 10.8 Å². The van der Waals surface area contributed by atoms with Crippen LogP contribution in [0.2, 0.25) is 0 Å². The van der Waals surface area contributed by atoms with Gasteiger partial charge in [0.2, 0.25) is 0 Å². The normalized spacial score (nSPS) is 11.9. The van der Waals surface area contributed by atoms with E-state index < -0.39 is 0 Å². The summed E-state index contributed by atoms with van der Waals surface area (Å²) in [5.74, 6) is 1.78. The van der Waals surface area contributed by atoms with E-state index in [4.69, 9.17) is 23.8 Å². The van der Waals surface area contributed by atoms with E-state index in [0.717, 1.165) is 88.4 Å². The monoisotopic (exact) mass is 730 g/mol. The van der Waals surface area contributed by atoms with Gasteiger partial charge in [-0.3, -0.25) is 0 Å². The minimum absolute atomic E-state index is 0.585. The summed E-state index contributed by atoms with van der Waals surface area (Å²) in [6.07, 6.45) is 0.